The van der Waals surface area contributed by atoms with Crippen LogP contribution in [0.5, 0.6) is 0 Å². The Kier molecular flexibility index (Phi) is 3.97. The van der Waals surface area contributed by atoms with Crippen LogP contribution in [0.15, 0.2) is 18.2 Å². The van der Waals surface area contributed by atoms with E-state index < -0.39 is 6.10 Å². The van der Waals surface area contributed by atoms with Gasteiger partial charge in [0.05, 0.1) is 10.7 Å². The summed E-state index contributed by atoms with van der Waals surface area (Å²) < 4.78 is 0. The van der Waals surface area contributed by atoms with Crippen molar-refractivity contribution in [3.8, 4) is 0 Å². The highest BCUT2D eigenvalue weighted by Crippen LogP contribution is 2.26. The Labute approximate surface area is 116 Å². The van der Waals surface area contributed by atoms with Crippen molar-refractivity contribution in [1.29, 1.82) is 0 Å². The van der Waals surface area contributed by atoms with Gasteiger partial charge in [-0.3, -0.25) is 0 Å². The van der Waals surface area contributed by atoms with Crippen LogP contribution in [0.1, 0.15) is 29.1 Å². The maximum atomic E-state index is 10.2. The summed E-state index contributed by atoms with van der Waals surface area (Å²) in [4.78, 5) is 12.3. The van der Waals surface area contributed by atoms with Gasteiger partial charge in [-0.15, -0.1) is 0 Å². The zero-order valence-electron chi connectivity index (χ0n) is 10.8. The predicted octanol–water partition coefficient (Wildman–Crippen LogP) is 2.00. The van der Waals surface area contributed by atoms with E-state index in [-0.39, 0.29) is 0 Å². The lowest BCUT2D eigenvalue weighted by molar-refractivity contribution is 0.167. The molecule has 2 rings (SSSR count). The van der Waals surface area contributed by atoms with Gasteiger partial charge in [0.2, 0.25) is 0 Å². The van der Waals surface area contributed by atoms with Crippen LogP contribution in [0.25, 0.3) is 0 Å². The van der Waals surface area contributed by atoms with Crippen LogP contribution in [0.2, 0.25) is 5.02 Å². The van der Waals surface area contributed by atoms with Crippen LogP contribution in [0.3, 0.4) is 0 Å². The molecule has 0 fully saturated rings. The fourth-order valence-electron chi connectivity index (χ4n) is 1.85. The van der Waals surface area contributed by atoms with E-state index in [4.69, 9.17) is 17.3 Å². The van der Waals surface area contributed by atoms with Crippen molar-refractivity contribution < 1.29 is 5.11 Å². The quantitative estimate of drug-likeness (QED) is 0.839. The predicted molar refractivity (Wildman–Crippen MR) is 73.8 cm³/mol. The van der Waals surface area contributed by atoms with E-state index in [2.05, 4.69) is 15.0 Å². The first kappa shape index (κ1) is 13.7. The van der Waals surface area contributed by atoms with E-state index in [1.165, 1.54) is 0 Å². The summed E-state index contributed by atoms with van der Waals surface area (Å²) in [6, 6.07) is 5.33. The molecule has 1 aromatic carbocycles. The summed E-state index contributed by atoms with van der Waals surface area (Å²) in [5.74, 6) is 1.52. The largest absolute Gasteiger partial charge is 0.397 e. The van der Waals surface area contributed by atoms with Crippen LogP contribution in [0.4, 0.5) is 5.69 Å². The fourth-order valence-corrected chi connectivity index (χ4v) is 2.04. The second kappa shape index (κ2) is 5.50. The highest BCUT2D eigenvalue weighted by molar-refractivity contribution is 6.33. The van der Waals surface area contributed by atoms with Gasteiger partial charge in [0.1, 0.15) is 17.8 Å². The molecule has 0 bridgehead atoms. The van der Waals surface area contributed by atoms with E-state index in [0.29, 0.717) is 34.6 Å². The van der Waals surface area contributed by atoms with Crippen molar-refractivity contribution in [2.75, 3.05) is 5.73 Å². The van der Waals surface area contributed by atoms with Gasteiger partial charge in [0.25, 0.3) is 0 Å². The highest BCUT2D eigenvalue weighted by Gasteiger charge is 2.15. The van der Waals surface area contributed by atoms with E-state index in [0.717, 1.165) is 5.56 Å². The molecule has 1 atom stereocenters. The molecule has 0 aliphatic heterocycles. The van der Waals surface area contributed by atoms with Crippen molar-refractivity contribution in [3.05, 3.63) is 46.3 Å². The molecule has 0 spiro atoms. The van der Waals surface area contributed by atoms with Crippen molar-refractivity contribution in [1.82, 2.24) is 15.0 Å². The van der Waals surface area contributed by atoms with Gasteiger partial charge in [-0.05, 0) is 25.5 Å². The normalized spacial score (nSPS) is 12.4. The first-order chi connectivity index (χ1) is 8.97. The number of rotatable bonds is 3. The third kappa shape index (κ3) is 3.19. The lowest BCUT2D eigenvalue weighted by atomic mass is 10.1. The summed E-state index contributed by atoms with van der Waals surface area (Å²) in [5.41, 5.74) is 7.12. The molecule has 1 heterocycles. The van der Waals surface area contributed by atoms with Gasteiger partial charge in [0.15, 0.2) is 5.82 Å². The number of halogens is 1. The SMILES string of the molecule is Cc1nc(C)nc(C(O)Cc2cccc(Cl)c2N)n1. The third-order valence-corrected chi connectivity index (χ3v) is 3.06. The Morgan fingerprint density at radius 1 is 1.21 bits per heavy atom. The summed E-state index contributed by atoms with van der Waals surface area (Å²) in [6.07, 6.45) is -0.517. The second-order valence-electron chi connectivity index (χ2n) is 4.32. The van der Waals surface area contributed by atoms with Gasteiger partial charge in [-0.2, -0.15) is 0 Å². The van der Waals surface area contributed by atoms with Gasteiger partial charge < -0.3 is 10.8 Å². The van der Waals surface area contributed by atoms with Crippen LogP contribution in [-0.4, -0.2) is 20.1 Å². The molecule has 1 aromatic heterocycles. The van der Waals surface area contributed by atoms with Crippen molar-refractivity contribution >= 4 is 17.3 Å². The molecule has 6 heteroatoms. The number of benzene rings is 1. The number of aliphatic hydroxyl groups is 1. The minimum atomic E-state index is -0.832. The van der Waals surface area contributed by atoms with Gasteiger partial charge in [-0.25, -0.2) is 15.0 Å². The molecular weight excluding hydrogens is 264 g/mol. The number of aliphatic hydroxyl groups excluding tert-OH is 1. The van der Waals surface area contributed by atoms with Crippen molar-refractivity contribution in [3.63, 3.8) is 0 Å². The summed E-state index contributed by atoms with van der Waals surface area (Å²) in [7, 11) is 0. The first-order valence-corrected chi connectivity index (χ1v) is 6.25. The van der Waals surface area contributed by atoms with Crippen LogP contribution >= 0.6 is 11.6 Å². The fraction of sp³-hybridized carbons (Fsp3) is 0.308. The van der Waals surface area contributed by atoms with E-state index in [1.54, 1.807) is 26.0 Å². The number of anilines is 1. The zero-order valence-corrected chi connectivity index (χ0v) is 11.5. The Balaban J connectivity index is 2.25. The molecule has 0 amide bonds. The minimum Gasteiger partial charge on any atom is -0.397 e. The third-order valence-electron chi connectivity index (χ3n) is 2.73. The monoisotopic (exact) mass is 278 g/mol. The molecule has 0 aliphatic carbocycles. The summed E-state index contributed by atoms with van der Waals surface area (Å²) >= 11 is 5.95. The van der Waals surface area contributed by atoms with E-state index in [9.17, 15) is 5.11 Å². The number of nitrogen functional groups attached to an aromatic ring is 1. The molecule has 0 saturated carbocycles. The highest BCUT2D eigenvalue weighted by atomic mass is 35.5. The molecule has 100 valence electrons. The topological polar surface area (TPSA) is 84.9 Å². The molecule has 2 aromatic rings. The maximum Gasteiger partial charge on any atom is 0.161 e. The molecule has 0 radical (unpaired) electrons. The number of aromatic nitrogens is 3. The lowest BCUT2D eigenvalue weighted by Crippen LogP contribution is -2.11. The smallest absolute Gasteiger partial charge is 0.161 e. The number of hydrogen-bond acceptors (Lipinski definition) is 5. The Hall–Kier alpha value is -1.72. The molecule has 19 heavy (non-hydrogen) atoms. The summed E-state index contributed by atoms with van der Waals surface area (Å²) in [5, 5.41) is 10.7. The van der Waals surface area contributed by atoms with Gasteiger partial charge >= 0.3 is 0 Å². The van der Waals surface area contributed by atoms with Crippen molar-refractivity contribution in [2.45, 2.75) is 26.4 Å². The zero-order chi connectivity index (χ0) is 14.0. The van der Waals surface area contributed by atoms with Crippen LogP contribution in [-0.2, 0) is 6.42 Å². The number of nitrogens with zero attached hydrogens (tertiary/aromatic N) is 3. The van der Waals surface area contributed by atoms with E-state index in [1.807, 2.05) is 6.07 Å². The average Bonchev–Trinajstić information content (AvgIpc) is 2.33. The molecule has 5 nitrogen and oxygen atoms in total. The number of hydrogen-bond donors (Lipinski definition) is 2. The summed E-state index contributed by atoms with van der Waals surface area (Å²) in [6.45, 7) is 3.53. The molecule has 1 unspecified atom stereocenters. The minimum absolute atomic E-state index is 0.315. The van der Waals surface area contributed by atoms with Gasteiger partial charge in [0, 0.05) is 6.42 Å². The Morgan fingerprint density at radius 2 is 1.84 bits per heavy atom. The number of para-hydroxylation sites is 1. The molecule has 3 N–H and O–H groups in total. The Bertz CT molecular complexity index is 583. The second-order valence-corrected chi connectivity index (χ2v) is 4.73. The first-order valence-electron chi connectivity index (χ1n) is 5.87. The number of nitrogens with two attached hydrogens (primary N) is 1. The molecular formula is C13H15ClN4O. The van der Waals surface area contributed by atoms with Crippen LogP contribution in [0, 0.1) is 13.8 Å². The standard InChI is InChI=1S/C13H15ClN4O/c1-7-16-8(2)18-13(17-7)11(19)6-9-4-3-5-10(14)12(9)15/h3-5,11,19H,6,15H2,1-2H3. The van der Waals surface area contributed by atoms with Crippen LogP contribution < -0.4 is 5.73 Å². The Morgan fingerprint density at radius 3 is 2.47 bits per heavy atom. The molecule has 0 aliphatic rings. The van der Waals surface area contributed by atoms with Crippen molar-refractivity contribution in [2.24, 2.45) is 0 Å². The maximum absolute atomic E-state index is 10.2. The number of aryl methyl sites for hydroxylation is 2. The average molecular weight is 279 g/mol. The van der Waals surface area contributed by atoms with E-state index >= 15 is 0 Å². The molecule has 0 saturated heterocycles. The lowest BCUT2D eigenvalue weighted by Gasteiger charge is -2.12. The van der Waals surface area contributed by atoms with Gasteiger partial charge in [-0.1, -0.05) is 23.7 Å².